The number of carbonyl (C=O) groups excluding carboxylic acids is 1. The molecule has 1 aliphatic rings. The van der Waals surface area contributed by atoms with Gasteiger partial charge in [-0.1, -0.05) is 19.9 Å². The predicted molar refractivity (Wildman–Crippen MR) is 170 cm³/mol. The number of halogens is 9. The number of carbonyl (C=O) groups is 2. The Morgan fingerprint density at radius 1 is 0.902 bits per heavy atom. The molecule has 15 heteroatoms. The first-order valence-corrected chi connectivity index (χ1v) is 16.3. The van der Waals surface area contributed by atoms with E-state index < -0.39 is 100 Å². The minimum atomic E-state index is -5.44. The van der Waals surface area contributed by atoms with E-state index in [1.54, 1.807) is 13.8 Å². The average Bonchev–Trinajstić information content (AvgIpc) is 2.97. The largest absolute Gasteiger partial charge is 0.481 e. The second-order valence-corrected chi connectivity index (χ2v) is 13.4. The molecule has 1 saturated heterocycles. The Kier molecular flexibility index (Phi) is 11.8. The number of carboxylic acid groups (broad SMARTS) is 1. The SMILES string of the molecule is Cc1ccc(F)c(C)c1-c1cc(C(F)(F)F)c(F)c([C@H](CC(=O)O)CC(=O)C(CC(C)C)n2cc(CCN3CCC3)c(C(F)(F)F)cc2=O)c1F. The highest BCUT2D eigenvalue weighted by Crippen LogP contribution is 2.44. The van der Waals surface area contributed by atoms with Crippen LogP contribution in [0.5, 0.6) is 0 Å². The third-order valence-electron chi connectivity index (χ3n) is 9.21. The van der Waals surface area contributed by atoms with E-state index >= 15 is 8.78 Å². The van der Waals surface area contributed by atoms with Crippen molar-refractivity contribution in [1.29, 1.82) is 0 Å². The third kappa shape index (κ3) is 8.85. The van der Waals surface area contributed by atoms with E-state index in [-0.39, 0.29) is 47.7 Å². The minimum absolute atomic E-state index is 0.118. The standard InChI is InChI=1S/C36H37F9N2O4/c1-18(2)12-27(47-17-21(8-11-46-9-5-10-46)24(16-29(47)49)35(40,41)42)28(48)13-22(14-30(50)51)32-33(38)23(15-25(34(32)39)36(43,44)45)31-19(3)6-7-26(37)20(31)4/h6-7,15-18,22,27H,5,8-14H2,1-4H3,(H,50,51)/t22-,27?/m0/s1. The number of aryl methyl sites for hydroxylation is 1. The van der Waals surface area contributed by atoms with E-state index in [2.05, 4.69) is 0 Å². The van der Waals surface area contributed by atoms with Gasteiger partial charge in [0.05, 0.1) is 23.6 Å². The Balaban J connectivity index is 1.89. The highest BCUT2D eigenvalue weighted by atomic mass is 19.4. The van der Waals surface area contributed by atoms with Crippen molar-refractivity contribution in [3.63, 3.8) is 0 Å². The van der Waals surface area contributed by atoms with Crippen LogP contribution in [0.3, 0.4) is 0 Å². The van der Waals surface area contributed by atoms with Gasteiger partial charge in [-0.2, -0.15) is 26.3 Å². The molecule has 278 valence electrons. The fourth-order valence-electron chi connectivity index (χ4n) is 6.54. The van der Waals surface area contributed by atoms with Crippen molar-refractivity contribution in [3.05, 3.63) is 91.6 Å². The van der Waals surface area contributed by atoms with E-state index in [0.29, 0.717) is 19.2 Å². The molecule has 6 nitrogen and oxygen atoms in total. The molecule has 2 atom stereocenters. The number of aromatic nitrogens is 1. The summed E-state index contributed by atoms with van der Waals surface area (Å²) in [4.78, 5) is 41.1. The van der Waals surface area contributed by atoms with Crippen LogP contribution in [0.1, 0.15) is 84.9 Å². The predicted octanol–water partition coefficient (Wildman–Crippen LogP) is 8.64. The van der Waals surface area contributed by atoms with E-state index in [4.69, 9.17) is 0 Å². The van der Waals surface area contributed by atoms with Gasteiger partial charge in [0.25, 0.3) is 5.56 Å². The lowest BCUT2D eigenvalue weighted by Crippen LogP contribution is -2.39. The molecule has 0 radical (unpaired) electrons. The molecule has 0 bridgehead atoms. The van der Waals surface area contributed by atoms with Crippen molar-refractivity contribution >= 4 is 11.8 Å². The Morgan fingerprint density at radius 3 is 2.06 bits per heavy atom. The second kappa shape index (κ2) is 15.2. The number of rotatable bonds is 13. The van der Waals surface area contributed by atoms with Crippen LogP contribution < -0.4 is 5.56 Å². The fraction of sp³-hybridized carbons (Fsp3) is 0.472. The Labute approximate surface area is 287 Å². The van der Waals surface area contributed by atoms with Gasteiger partial charge in [-0.15, -0.1) is 0 Å². The second-order valence-electron chi connectivity index (χ2n) is 13.4. The number of alkyl halides is 6. The van der Waals surface area contributed by atoms with Gasteiger partial charge in [-0.05, 0) is 86.5 Å². The maximum Gasteiger partial charge on any atom is 0.419 e. The van der Waals surface area contributed by atoms with Crippen LogP contribution in [0.25, 0.3) is 11.1 Å². The van der Waals surface area contributed by atoms with E-state index in [1.807, 2.05) is 4.90 Å². The van der Waals surface area contributed by atoms with Crippen molar-refractivity contribution in [2.45, 2.75) is 84.1 Å². The van der Waals surface area contributed by atoms with Crippen molar-refractivity contribution in [2.24, 2.45) is 5.92 Å². The zero-order chi connectivity index (χ0) is 38.2. The molecule has 3 aromatic rings. The molecule has 1 N–H and O–H groups in total. The van der Waals surface area contributed by atoms with E-state index in [9.17, 15) is 50.2 Å². The van der Waals surface area contributed by atoms with E-state index in [0.717, 1.165) is 23.3 Å². The summed E-state index contributed by atoms with van der Waals surface area (Å²) in [6.07, 6.45) is -11.2. The van der Waals surface area contributed by atoms with Gasteiger partial charge in [0.2, 0.25) is 0 Å². The first-order chi connectivity index (χ1) is 23.6. The van der Waals surface area contributed by atoms with Crippen molar-refractivity contribution < 1.29 is 54.2 Å². The normalized spacial score (nSPS) is 15.2. The van der Waals surface area contributed by atoms with Gasteiger partial charge >= 0.3 is 18.3 Å². The lowest BCUT2D eigenvalue weighted by Gasteiger charge is -2.31. The number of pyridine rings is 1. The number of Topliss-reactive ketones (excluding diaryl/α,β-unsaturated/α-hetero) is 1. The van der Waals surface area contributed by atoms with Crippen LogP contribution in [0.15, 0.2) is 35.3 Å². The van der Waals surface area contributed by atoms with Gasteiger partial charge in [-0.3, -0.25) is 14.4 Å². The number of carboxylic acids is 1. The van der Waals surface area contributed by atoms with Crippen LogP contribution in [-0.4, -0.2) is 46.0 Å². The van der Waals surface area contributed by atoms with Gasteiger partial charge in [0.15, 0.2) is 5.78 Å². The number of aliphatic carboxylic acids is 1. The van der Waals surface area contributed by atoms with Crippen LogP contribution in [-0.2, 0) is 28.4 Å². The summed E-state index contributed by atoms with van der Waals surface area (Å²) in [6.45, 7) is 7.33. The smallest absolute Gasteiger partial charge is 0.419 e. The topological polar surface area (TPSA) is 79.6 Å². The molecule has 4 rings (SSSR count). The summed E-state index contributed by atoms with van der Waals surface area (Å²) >= 11 is 0. The Hall–Kier alpha value is -4.14. The minimum Gasteiger partial charge on any atom is -0.481 e. The summed E-state index contributed by atoms with van der Waals surface area (Å²) in [5.41, 5.74) is -7.44. The molecule has 1 unspecified atom stereocenters. The number of nitrogens with zero attached hydrogens (tertiary/aromatic N) is 2. The number of ketones is 1. The van der Waals surface area contributed by atoms with Crippen LogP contribution in [0.2, 0.25) is 0 Å². The van der Waals surface area contributed by atoms with Gasteiger partial charge in [0, 0.05) is 42.3 Å². The summed E-state index contributed by atoms with van der Waals surface area (Å²) in [5.74, 6) is -9.97. The molecule has 0 saturated carbocycles. The zero-order valence-electron chi connectivity index (χ0n) is 28.2. The maximum atomic E-state index is 16.4. The van der Waals surface area contributed by atoms with Crippen LogP contribution >= 0.6 is 0 Å². The molecule has 0 aliphatic carbocycles. The lowest BCUT2D eigenvalue weighted by molar-refractivity contribution is -0.140. The molecule has 51 heavy (non-hydrogen) atoms. The molecule has 1 aliphatic heterocycles. The average molecular weight is 733 g/mol. The number of likely N-dealkylation sites (tertiary alicyclic amines) is 1. The first-order valence-electron chi connectivity index (χ1n) is 16.3. The van der Waals surface area contributed by atoms with Crippen molar-refractivity contribution in [2.75, 3.05) is 19.6 Å². The van der Waals surface area contributed by atoms with Crippen LogP contribution in [0.4, 0.5) is 39.5 Å². The summed E-state index contributed by atoms with van der Waals surface area (Å²) in [5, 5.41) is 9.70. The van der Waals surface area contributed by atoms with Crippen molar-refractivity contribution in [3.8, 4) is 11.1 Å². The highest BCUT2D eigenvalue weighted by Gasteiger charge is 2.41. The van der Waals surface area contributed by atoms with Crippen molar-refractivity contribution in [1.82, 2.24) is 9.47 Å². The molecule has 0 amide bonds. The monoisotopic (exact) mass is 732 g/mol. The lowest BCUT2D eigenvalue weighted by atomic mass is 9.83. The molecule has 2 heterocycles. The Bertz CT molecular complexity index is 1860. The molecule has 2 aromatic carbocycles. The summed E-state index contributed by atoms with van der Waals surface area (Å²) < 4.78 is 132. The number of hydrogen-bond acceptors (Lipinski definition) is 4. The number of benzene rings is 2. The molecule has 1 fully saturated rings. The quantitative estimate of drug-likeness (QED) is 0.178. The van der Waals surface area contributed by atoms with E-state index in [1.165, 1.54) is 19.9 Å². The molecular formula is C36H37F9N2O4. The fourth-order valence-corrected chi connectivity index (χ4v) is 6.54. The highest BCUT2D eigenvalue weighted by molar-refractivity contribution is 5.84. The molecule has 0 spiro atoms. The van der Waals surface area contributed by atoms with Crippen LogP contribution in [0, 0.1) is 37.2 Å². The Morgan fingerprint density at radius 2 is 1.53 bits per heavy atom. The molecular weight excluding hydrogens is 695 g/mol. The van der Waals surface area contributed by atoms with Gasteiger partial charge in [0.1, 0.15) is 17.5 Å². The summed E-state index contributed by atoms with van der Waals surface area (Å²) in [6, 6.07) is 1.11. The summed E-state index contributed by atoms with van der Waals surface area (Å²) in [7, 11) is 0. The molecule has 1 aromatic heterocycles. The zero-order valence-corrected chi connectivity index (χ0v) is 28.2. The number of hydrogen-bond donors (Lipinski definition) is 1. The first kappa shape index (κ1) is 39.6. The van der Waals surface area contributed by atoms with Gasteiger partial charge < -0.3 is 14.6 Å². The van der Waals surface area contributed by atoms with Gasteiger partial charge in [-0.25, -0.2) is 13.2 Å². The third-order valence-corrected chi connectivity index (χ3v) is 9.21. The maximum absolute atomic E-state index is 16.4.